The fraction of sp³-hybridized carbons (Fsp3) is 0.875. The topological polar surface area (TPSA) is 29.5 Å². The van der Waals surface area contributed by atoms with Crippen molar-refractivity contribution in [1.29, 1.82) is 0 Å². The first-order valence-electron chi connectivity index (χ1n) is 14.9. The summed E-state index contributed by atoms with van der Waals surface area (Å²) in [6.45, 7) is 13.6. The van der Waals surface area contributed by atoms with Gasteiger partial charge in [-0.1, -0.05) is 77.7 Å². The van der Waals surface area contributed by atoms with Gasteiger partial charge >= 0.3 is 0 Å². The van der Waals surface area contributed by atoms with E-state index in [1.807, 2.05) is 6.08 Å². The monoisotopic (exact) mass is 470 g/mol. The van der Waals surface area contributed by atoms with Gasteiger partial charge in [0.05, 0.1) is 12.7 Å². The molecule has 2 nitrogen and oxygen atoms in total. The third-order valence-electron chi connectivity index (χ3n) is 11.2. The molecule has 0 aromatic rings. The minimum absolute atomic E-state index is 0.228. The molecule has 34 heavy (non-hydrogen) atoms. The highest BCUT2D eigenvalue weighted by Crippen LogP contribution is 2.67. The smallest absolute Gasteiger partial charge is 0.0651 e. The van der Waals surface area contributed by atoms with Crippen LogP contribution in [0.4, 0.5) is 0 Å². The average molecular weight is 471 g/mol. The quantitative estimate of drug-likeness (QED) is 0.325. The Morgan fingerprint density at radius 2 is 1.85 bits per heavy atom. The lowest BCUT2D eigenvalue weighted by Gasteiger charge is -2.58. The standard InChI is InChI=1S/C32H54O2/c1-23(2)10-9-11-24(3)28-14-15-29-27-13-12-25-22-26(34-21-8-6-7-20-33)16-18-31(25,4)30(27)17-19-32(28,29)5/h6,8,12,23-24,26-30,33H,7,9-11,13-22H2,1-5H3. The number of rotatable bonds is 10. The molecule has 1 N–H and O–H groups in total. The normalized spacial score (nSPS) is 40.7. The molecule has 0 aromatic carbocycles. The molecule has 0 amide bonds. The number of aliphatic hydroxyl groups excluding tert-OH is 1. The van der Waals surface area contributed by atoms with E-state index in [1.165, 1.54) is 64.2 Å². The van der Waals surface area contributed by atoms with Gasteiger partial charge in [-0.2, -0.15) is 0 Å². The maximum atomic E-state index is 8.93. The van der Waals surface area contributed by atoms with Crippen molar-refractivity contribution in [3.05, 3.63) is 23.8 Å². The van der Waals surface area contributed by atoms with Gasteiger partial charge in [0.1, 0.15) is 0 Å². The summed E-state index contributed by atoms with van der Waals surface area (Å²) in [7, 11) is 0. The number of ether oxygens (including phenoxy) is 1. The molecule has 3 saturated carbocycles. The molecule has 2 heteroatoms. The maximum absolute atomic E-state index is 8.93. The summed E-state index contributed by atoms with van der Waals surface area (Å²) in [4.78, 5) is 0. The highest BCUT2D eigenvalue weighted by atomic mass is 16.5. The highest BCUT2D eigenvalue weighted by Gasteiger charge is 2.59. The van der Waals surface area contributed by atoms with Crippen LogP contribution in [0.1, 0.15) is 112 Å². The van der Waals surface area contributed by atoms with E-state index in [4.69, 9.17) is 9.84 Å². The number of hydrogen-bond donors (Lipinski definition) is 1. The summed E-state index contributed by atoms with van der Waals surface area (Å²) in [6, 6.07) is 0. The molecule has 0 bridgehead atoms. The lowest BCUT2D eigenvalue weighted by Crippen LogP contribution is -2.51. The molecule has 194 valence electrons. The van der Waals surface area contributed by atoms with Gasteiger partial charge < -0.3 is 9.84 Å². The van der Waals surface area contributed by atoms with Crippen molar-refractivity contribution in [3.8, 4) is 0 Å². The van der Waals surface area contributed by atoms with Crippen LogP contribution in [-0.2, 0) is 4.74 Å². The van der Waals surface area contributed by atoms with Crippen LogP contribution in [0.3, 0.4) is 0 Å². The van der Waals surface area contributed by atoms with Crippen molar-refractivity contribution in [1.82, 2.24) is 0 Å². The lowest BCUT2D eigenvalue weighted by molar-refractivity contribution is -0.0621. The second-order valence-electron chi connectivity index (χ2n) is 13.5. The molecule has 3 fully saturated rings. The van der Waals surface area contributed by atoms with E-state index in [0.29, 0.717) is 23.5 Å². The average Bonchev–Trinajstić information content (AvgIpc) is 3.16. The van der Waals surface area contributed by atoms with Crippen molar-refractivity contribution in [2.75, 3.05) is 13.2 Å². The number of fused-ring (bicyclic) bond motifs is 5. The fourth-order valence-electron chi connectivity index (χ4n) is 9.25. The van der Waals surface area contributed by atoms with Gasteiger partial charge in [-0.25, -0.2) is 0 Å². The second-order valence-corrected chi connectivity index (χ2v) is 13.5. The SMILES string of the molecule is CC(C)CCCC(C)C1CCC2C3CC=C4CC(OCC=CCCO)CCC4(C)C3CCC12C. The first kappa shape index (κ1) is 26.5. The highest BCUT2D eigenvalue weighted by molar-refractivity contribution is 5.25. The minimum Gasteiger partial charge on any atom is -0.396 e. The molecular weight excluding hydrogens is 416 g/mol. The first-order chi connectivity index (χ1) is 16.3. The van der Waals surface area contributed by atoms with Gasteiger partial charge in [0, 0.05) is 6.61 Å². The molecule has 4 rings (SSSR count). The largest absolute Gasteiger partial charge is 0.396 e. The molecule has 8 unspecified atom stereocenters. The summed E-state index contributed by atoms with van der Waals surface area (Å²) >= 11 is 0. The van der Waals surface area contributed by atoms with E-state index in [9.17, 15) is 0 Å². The third-order valence-corrected chi connectivity index (χ3v) is 11.2. The molecule has 0 aliphatic heterocycles. The Balaban J connectivity index is 1.39. The van der Waals surface area contributed by atoms with Crippen molar-refractivity contribution in [2.45, 2.75) is 118 Å². The van der Waals surface area contributed by atoms with Crippen LogP contribution in [-0.4, -0.2) is 24.4 Å². The lowest BCUT2D eigenvalue weighted by atomic mass is 9.47. The van der Waals surface area contributed by atoms with E-state index in [1.54, 1.807) is 5.57 Å². The van der Waals surface area contributed by atoms with Crippen molar-refractivity contribution >= 4 is 0 Å². The summed E-state index contributed by atoms with van der Waals surface area (Å²) in [6.07, 6.45) is 23.1. The summed E-state index contributed by atoms with van der Waals surface area (Å²) in [5.41, 5.74) is 2.73. The molecule has 4 aliphatic rings. The molecule has 0 aromatic heterocycles. The molecule has 0 heterocycles. The van der Waals surface area contributed by atoms with Crippen LogP contribution in [0.15, 0.2) is 23.8 Å². The zero-order valence-corrected chi connectivity index (χ0v) is 23.0. The van der Waals surface area contributed by atoms with Crippen LogP contribution < -0.4 is 0 Å². The van der Waals surface area contributed by atoms with Gasteiger partial charge in [-0.3, -0.25) is 0 Å². The zero-order valence-electron chi connectivity index (χ0n) is 23.0. The van der Waals surface area contributed by atoms with Crippen LogP contribution >= 0.6 is 0 Å². The second kappa shape index (κ2) is 11.2. The molecule has 4 aliphatic carbocycles. The van der Waals surface area contributed by atoms with Crippen LogP contribution in [0.2, 0.25) is 0 Å². The van der Waals surface area contributed by atoms with Gasteiger partial charge in [0.15, 0.2) is 0 Å². The number of aliphatic hydroxyl groups is 1. The van der Waals surface area contributed by atoms with Gasteiger partial charge in [-0.05, 0) is 104 Å². The summed E-state index contributed by atoms with van der Waals surface area (Å²) in [5.74, 6) is 5.46. The van der Waals surface area contributed by atoms with Gasteiger partial charge in [-0.15, -0.1) is 0 Å². The zero-order chi connectivity index (χ0) is 24.3. The van der Waals surface area contributed by atoms with Crippen molar-refractivity contribution < 1.29 is 9.84 Å². The molecule has 0 radical (unpaired) electrons. The minimum atomic E-state index is 0.228. The van der Waals surface area contributed by atoms with Crippen LogP contribution in [0.5, 0.6) is 0 Å². The Morgan fingerprint density at radius 3 is 2.62 bits per heavy atom. The van der Waals surface area contributed by atoms with E-state index in [2.05, 4.69) is 46.8 Å². The Bertz CT molecular complexity index is 723. The number of allylic oxidation sites excluding steroid dienone is 1. The number of hydrogen-bond acceptors (Lipinski definition) is 2. The first-order valence-corrected chi connectivity index (χ1v) is 14.9. The van der Waals surface area contributed by atoms with E-state index in [0.717, 1.165) is 48.3 Å². The van der Waals surface area contributed by atoms with E-state index in [-0.39, 0.29) is 6.61 Å². The Hall–Kier alpha value is -0.600. The fourth-order valence-corrected chi connectivity index (χ4v) is 9.25. The molecule has 0 spiro atoms. The van der Waals surface area contributed by atoms with E-state index >= 15 is 0 Å². The summed E-state index contributed by atoms with van der Waals surface area (Å²) in [5, 5.41) is 8.93. The van der Waals surface area contributed by atoms with Gasteiger partial charge in [0.2, 0.25) is 0 Å². The predicted molar refractivity (Wildman–Crippen MR) is 144 cm³/mol. The van der Waals surface area contributed by atoms with Crippen molar-refractivity contribution in [3.63, 3.8) is 0 Å². The Labute approximate surface area is 211 Å². The van der Waals surface area contributed by atoms with Crippen LogP contribution in [0, 0.1) is 46.3 Å². The third kappa shape index (κ3) is 5.24. The van der Waals surface area contributed by atoms with Crippen molar-refractivity contribution in [2.24, 2.45) is 46.3 Å². The molecule has 0 saturated heterocycles. The summed E-state index contributed by atoms with van der Waals surface area (Å²) < 4.78 is 6.22. The Kier molecular flexibility index (Phi) is 8.72. The van der Waals surface area contributed by atoms with Gasteiger partial charge in [0.25, 0.3) is 0 Å². The molecular formula is C32H54O2. The van der Waals surface area contributed by atoms with Crippen LogP contribution in [0.25, 0.3) is 0 Å². The van der Waals surface area contributed by atoms with E-state index < -0.39 is 0 Å². The predicted octanol–water partition coefficient (Wildman–Crippen LogP) is 8.35. The Morgan fingerprint density at radius 1 is 1.03 bits per heavy atom. The maximum Gasteiger partial charge on any atom is 0.0651 e. The molecule has 8 atom stereocenters.